The van der Waals surface area contributed by atoms with Gasteiger partial charge in [0, 0.05) is 23.6 Å². The topological polar surface area (TPSA) is 157 Å². The fourth-order valence-electron chi connectivity index (χ4n) is 4.17. The van der Waals surface area contributed by atoms with E-state index in [4.69, 9.17) is 20.6 Å². The zero-order chi connectivity index (χ0) is 25.1. The predicted molar refractivity (Wildman–Crippen MR) is 134 cm³/mol. The van der Waals surface area contributed by atoms with E-state index >= 15 is 0 Å². The number of nitrogen functional groups attached to an aromatic ring is 1. The fraction of sp³-hybridized carbons (Fsp3) is 0.240. The number of H-pyrrole nitrogens is 1. The summed E-state index contributed by atoms with van der Waals surface area (Å²) in [4.78, 5) is 23.9. The number of nitrogens with two attached hydrogens (primary N) is 1. The molecule has 2 aromatic heterocycles. The number of rotatable bonds is 7. The molecule has 36 heavy (non-hydrogen) atoms. The Hall–Kier alpha value is -4.67. The van der Waals surface area contributed by atoms with Gasteiger partial charge in [-0.2, -0.15) is 0 Å². The number of aryl methyl sites for hydroxylation is 1. The molecule has 0 amide bonds. The minimum absolute atomic E-state index is 0.0143. The van der Waals surface area contributed by atoms with Gasteiger partial charge in [-0.1, -0.05) is 0 Å². The molecule has 0 aliphatic carbocycles. The first-order chi connectivity index (χ1) is 17.5. The number of fused-ring (bicyclic) bond motifs is 1. The highest BCUT2D eigenvalue weighted by Crippen LogP contribution is 2.38. The van der Waals surface area contributed by atoms with Gasteiger partial charge in [0.2, 0.25) is 0 Å². The third-order valence-electron chi connectivity index (χ3n) is 5.95. The second-order valence-corrected chi connectivity index (χ2v) is 8.36. The molecule has 1 atom stereocenters. The van der Waals surface area contributed by atoms with Crippen LogP contribution in [-0.2, 0) is 6.42 Å². The lowest BCUT2D eigenvalue weighted by Crippen LogP contribution is -2.18. The van der Waals surface area contributed by atoms with Crippen LogP contribution in [0.2, 0.25) is 0 Å². The number of ether oxygens (including phenoxy) is 2. The molecular formula is C25H26N8O3. The molecule has 0 saturated heterocycles. The molecule has 0 saturated carbocycles. The van der Waals surface area contributed by atoms with E-state index in [0.717, 1.165) is 46.5 Å². The largest absolute Gasteiger partial charge is 0.493 e. The summed E-state index contributed by atoms with van der Waals surface area (Å²) in [7, 11) is 1.61. The van der Waals surface area contributed by atoms with Crippen LogP contribution in [0.3, 0.4) is 0 Å². The molecule has 184 valence electrons. The molecule has 4 aromatic rings. The summed E-state index contributed by atoms with van der Waals surface area (Å²) in [6, 6.07) is 12.2. The standard InChI is InChI=1S/C25H26N8O3/c1-35-19-14-17(13-16-5-2-3-12-36-21(16)19)20(30-18-8-6-15(7-9-18)22(26)27)23-31-25(34)33(32-23)24-28-10-4-11-29-24/h4,6-11,13-14,20,30H,2-3,5,12H2,1H3,(H3,26,27)(H,31,32,34)/t20-/m0/s1. The first kappa shape index (κ1) is 23.1. The average Bonchev–Trinajstić information content (AvgIpc) is 3.12. The van der Waals surface area contributed by atoms with Crippen molar-refractivity contribution in [1.82, 2.24) is 24.7 Å². The lowest BCUT2D eigenvalue weighted by Gasteiger charge is -2.21. The van der Waals surface area contributed by atoms with E-state index in [1.54, 1.807) is 37.7 Å². The van der Waals surface area contributed by atoms with Crippen molar-refractivity contribution in [2.75, 3.05) is 19.0 Å². The lowest BCUT2D eigenvalue weighted by atomic mass is 9.98. The van der Waals surface area contributed by atoms with Crippen LogP contribution in [0.1, 0.15) is 41.4 Å². The van der Waals surface area contributed by atoms with E-state index in [2.05, 4.69) is 31.4 Å². The molecular weight excluding hydrogens is 460 g/mol. The van der Waals surface area contributed by atoms with E-state index in [-0.39, 0.29) is 11.8 Å². The fourth-order valence-corrected chi connectivity index (χ4v) is 4.17. The van der Waals surface area contributed by atoms with Gasteiger partial charge in [-0.15, -0.1) is 9.78 Å². The van der Waals surface area contributed by atoms with Gasteiger partial charge in [0.05, 0.1) is 13.7 Å². The summed E-state index contributed by atoms with van der Waals surface area (Å²) in [6.07, 6.45) is 5.91. The van der Waals surface area contributed by atoms with Crippen molar-refractivity contribution in [3.63, 3.8) is 0 Å². The number of methoxy groups -OCH3 is 1. The Kier molecular flexibility index (Phi) is 6.35. The summed E-state index contributed by atoms with van der Waals surface area (Å²) in [5.41, 5.74) is 8.38. The molecule has 5 rings (SSSR count). The summed E-state index contributed by atoms with van der Waals surface area (Å²) in [6.45, 7) is 0.641. The van der Waals surface area contributed by atoms with E-state index in [1.807, 2.05) is 18.2 Å². The number of hydrogen-bond donors (Lipinski definition) is 4. The Morgan fingerprint density at radius 3 is 2.72 bits per heavy atom. The Morgan fingerprint density at radius 1 is 1.22 bits per heavy atom. The van der Waals surface area contributed by atoms with Crippen molar-refractivity contribution >= 4 is 11.5 Å². The maximum Gasteiger partial charge on any atom is 0.350 e. The van der Waals surface area contributed by atoms with Crippen molar-refractivity contribution in [2.45, 2.75) is 25.3 Å². The van der Waals surface area contributed by atoms with Crippen LogP contribution in [-0.4, -0.2) is 44.3 Å². The third-order valence-corrected chi connectivity index (χ3v) is 5.95. The third kappa shape index (κ3) is 4.63. The van der Waals surface area contributed by atoms with Crippen molar-refractivity contribution in [3.8, 4) is 17.4 Å². The number of benzene rings is 2. The Morgan fingerprint density at radius 2 is 2.00 bits per heavy atom. The smallest absolute Gasteiger partial charge is 0.350 e. The average molecular weight is 487 g/mol. The quantitative estimate of drug-likeness (QED) is 0.229. The molecule has 11 nitrogen and oxygen atoms in total. The number of hydrogen-bond acceptors (Lipinski definition) is 8. The number of nitrogens with zero attached hydrogens (tertiary/aromatic N) is 4. The van der Waals surface area contributed by atoms with Gasteiger partial charge in [0.1, 0.15) is 11.9 Å². The van der Waals surface area contributed by atoms with Crippen LogP contribution in [0, 0.1) is 5.41 Å². The van der Waals surface area contributed by atoms with Gasteiger partial charge in [0.15, 0.2) is 17.3 Å². The second kappa shape index (κ2) is 9.90. The van der Waals surface area contributed by atoms with Crippen LogP contribution < -0.4 is 26.2 Å². The van der Waals surface area contributed by atoms with E-state index < -0.39 is 11.7 Å². The monoisotopic (exact) mass is 486 g/mol. The molecule has 11 heteroatoms. The maximum atomic E-state index is 12.8. The minimum Gasteiger partial charge on any atom is -0.493 e. The normalized spacial score (nSPS) is 13.7. The second-order valence-electron chi connectivity index (χ2n) is 8.36. The van der Waals surface area contributed by atoms with E-state index in [9.17, 15) is 4.79 Å². The van der Waals surface area contributed by atoms with Crippen LogP contribution in [0.25, 0.3) is 5.95 Å². The highest BCUT2D eigenvalue weighted by Gasteiger charge is 2.25. The lowest BCUT2D eigenvalue weighted by molar-refractivity contribution is 0.294. The first-order valence-corrected chi connectivity index (χ1v) is 11.5. The molecule has 0 radical (unpaired) electrons. The summed E-state index contributed by atoms with van der Waals surface area (Å²) < 4.78 is 12.8. The predicted octanol–water partition coefficient (Wildman–Crippen LogP) is 2.56. The maximum absolute atomic E-state index is 12.8. The van der Waals surface area contributed by atoms with Gasteiger partial charge in [-0.3, -0.25) is 10.4 Å². The number of aromatic nitrogens is 5. The van der Waals surface area contributed by atoms with Crippen molar-refractivity contribution in [2.24, 2.45) is 5.73 Å². The number of aromatic amines is 1. The minimum atomic E-state index is -0.548. The Balaban J connectivity index is 1.61. The summed E-state index contributed by atoms with van der Waals surface area (Å²) >= 11 is 0. The highest BCUT2D eigenvalue weighted by atomic mass is 16.5. The van der Waals surface area contributed by atoms with Gasteiger partial charge in [-0.05, 0) is 72.9 Å². The van der Waals surface area contributed by atoms with Gasteiger partial charge < -0.3 is 20.5 Å². The molecule has 2 aromatic carbocycles. The molecule has 5 N–H and O–H groups in total. The van der Waals surface area contributed by atoms with Gasteiger partial charge in [0.25, 0.3) is 5.95 Å². The van der Waals surface area contributed by atoms with Gasteiger partial charge >= 0.3 is 5.69 Å². The van der Waals surface area contributed by atoms with Crippen molar-refractivity contribution < 1.29 is 9.47 Å². The number of nitrogens with one attached hydrogen (secondary N) is 3. The van der Waals surface area contributed by atoms with Crippen LogP contribution in [0.4, 0.5) is 5.69 Å². The Bertz CT molecular complexity index is 1430. The molecule has 0 unspecified atom stereocenters. The van der Waals surface area contributed by atoms with Crippen LogP contribution in [0.15, 0.2) is 59.7 Å². The van der Waals surface area contributed by atoms with E-state index in [1.165, 1.54) is 0 Å². The number of amidine groups is 1. The summed E-state index contributed by atoms with van der Waals surface area (Å²) in [5.74, 6) is 1.90. The SMILES string of the molecule is COc1cc([C@H](Nc2ccc(C(=N)N)cc2)c2nn(-c3ncccn3)c(=O)[nH]2)cc2c1OCCCC2. The van der Waals surface area contributed by atoms with E-state index in [0.29, 0.717) is 23.7 Å². The van der Waals surface area contributed by atoms with Crippen molar-refractivity contribution in [3.05, 3.63) is 87.9 Å². The molecule has 1 aliphatic heterocycles. The van der Waals surface area contributed by atoms with Crippen molar-refractivity contribution in [1.29, 1.82) is 5.41 Å². The van der Waals surface area contributed by atoms with Gasteiger partial charge in [-0.25, -0.2) is 14.8 Å². The van der Waals surface area contributed by atoms with Crippen LogP contribution >= 0.6 is 0 Å². The molecule has 0 spiro atoms. The molecule has 0 fully saturated rings. The molecule has 1 aliphatic rings. The molecule has 3 heterocycles. The first-order valence-electron chi connectivity index (χ1n) is 11.5. The number of anilines is 1. The zero-order valence-corrected chi connectivity index (χ0v) is 19.7. The highest BCUT2D eigenvalue weighted by molar-refractivity contribution is 5.95. The van der Waals surface area contributed by atoms with Crippen LogP contribution in [0.5, 0.6) is 11.5 Å². The zero-order valence-electron chi connectivity index (χ0n) is 19.7. The summed E-state index contributed by atoms with van der Waals surface area (Å²) in [5, 5.41) is 15.6. The Labute approximate surface area is 206 Å². The molecule has 0 bridgehead atoms.